The van der Waals surface area contributed by atoms with Crippen molar-refractivity contribution in [2.24, 2.45) is 0 Å². The monoisotopic (exact) mass is 485 g/mol. The number of urea groups is 1. The summed E-state index contributed by atoms with van der Waals surface area (Å²) in [6.07, 6.45) is 3.53. The van der Waals surface area contributed by atoms with Crippen molar-refractivity contribution in [3.8, 4) is 0 Å². The lowest BCUT2D eigenvalue weighted by molar-refractivity contribution is -0.122. The number of hydrogen-bond acceptors (Lipinski definition) is 3. The number of benzene rings is 4. The van der Waals surface area contributed by atoms with Crippen molar-refractivity contribution in [2.75, 3.05) is 4.90 Å². The molecular formula is C31H23N3O3. The quantitative estimate of drug-likeness (QED) is 0.258. The molecule has 5 aromatic rings. The number of nitrogens with zero attached hydrogens (tertiary/aromatic N) is 2. The summed E-state index contributed by atoms with van der Waals surface area (Å²) in [6, 6.07) is 28.7. The molecule has 6 rings (SSSR count). The summed E-state index contributed by atoms with van der Waals surface area (Å²) in [5.41, 5.74) is 4.20. The second-order valence-corrected chi connectivity index (χ2v) is 9.16. The summed E-state index contributed by atoms with van der Waals surface area (Å²) < 4.78 is 2.12. The molecule has 0 spiro atoms. The number of para-hydroxylation sites is 1. The fourth-order valence-corrected chi connectivity index (χ4v) is 4.88. The number of amides is 4. The number of imide groups is 2. The van der Waals surface area contributed by atoms with Crippen LogP contribution in [0.2, 0.25) is 0 Å². The zero-order valence-corrected chi connectivity index (χ0v) is 20.1. The topological polar surface area (TPSA) is 71.4 Å². The van der Waals surface area contributed by atoms with Crippen molar-refractivity contribution in [3.63, 3.8) is 0 Å². The largest absolute Gasteiger partial charge is 0.342 e. The Morgan fingerprint density at radius 2 is 1.49 bits per heavy atom. The van der Waals surface area contributed by atoms with Crippen LogP contribution in [0.5, 0.6) is 0 Å². The molecule has 0 aliphatic carbocycles. The van der Waals surface area contributed by atoms with Gasteiger partial charge < -0.3 is 4.57 Å². The highest BCUT2D eigenvalue weighted by Crippen LogP contribution is 2.28. The predicted molar refractivity (Wildman–Crippen MR) is 145 cm³/mol. The van der Waals surface area contributed by atoms with E-state index in [1.165, 1.54) is 16.3 Å². The molecule has 0 unspecified atom stereocenters. The summed E-state index contributed by atoms with van der Waals surface area (Å²) >= 11 is 0. The van der Waals surface area contributed by atoms with E-state index in [1.807, 2.05) is 67.7 Å². The van der Waals surface area contributed by atoms with Crippen LogP contribution in [0.25, 0.3) is 27.8 Å². The number of aromatic nitrogens is 1. The van der Waals surface area contributed by atoms with Crippen LogP contribution in [-0.4, -0.2) is 22.4 Å². The average molecular weight is 486 g/mol. The third kappa shape index (κ3) is 3.98. The fraction of sp³-hybridized carbons (Fsp3) is 0.0645. The minimum atomic E-state index is -0.755. The number of fused-ring (bicyclic) bond motifs is 2. The van der Waals surface area contributed by atoms with Crippen LogP contribution in [0.15, 0.2) is 103 Å². The molecule has 4 aromatic carbocycles. The van der Waals surface area contributed by atoms with Gasteiger partial charge in [-0.3, -0.25) is 14.9 Å². The van der Waals surface area contributed by atoms with Crippen LogP contribution in [0.4, 0.5) is 10.5 Å². The van der Waals surface area contributed by atoms with Crippen LogP contribution >= 0.6 is 0 Å². The van der Waals surface area contributed by atoms with Gasteiger partial charge in [-0.05, 0) is 47.5 Å². The molecule has 1 N–H and O–H groups in total. The summed E-state index contributed by atoms with van der Waals surface area (Å²) in [6.45, 7) is 2.55. The Kier molecular flexibility index (Phi) is 5.42. The highest BCUT2D eigenvalue weighted by Gasteiger charge is 2.37. The fourth-order valence-electron chi connectivity index (χ4n) is 4.88. The first-order valence-electron chi connectivity index (χ1n) is 12.0. The van der Waals surface area contributed by atoms with Gasteiger partial charge in [0.15, 0.2) is 0 Å². The molecule has 0 saturated carbocycles. The first-order valence-corrected chi connectivity index (χ1v) is 12.0. The Labute approximate surface area is 213 Å². The van der Waals surface area contributed by atoms with Crippen LogP contribution in [0.3, 0.4) is 0 Å². The van der Waals surface area contributed by atoms with E-state index in [9.17, 15) is 14.4 Å². The van der Waals surface area contributed by atoms with Crippen molar-refractivity contribution in [1.82, 2.24) is 9.88 Å². The van der Waals surface area contributed by atoms with Gasteiger partial charge in [-0.25, -0.2) is 9.69 Å². The van der Waals surface area contributed by atoms with Gasteiger partial charge in [0.25, 0.3) is 11.8 Å². The van der Waals surface area contributed by atoms with E-state index < -0.39 is 17.8 Å². The smallest absolute Gasteiger partial charge is 0.335 e. The van der Waals surface area contributed by atoms with Crippen molar-refractivity contribution < 1.29 is 14.4 Å². The van der Waals surface area contributed by atoms with Crippen molar-refractivity contribution in [2.45, 2.75) is 13.5 Å². The van der Waals surface area contributed by atoms with E-state index in [1.54, 1.807) is 18.2 Å². The molecule has 6 heteroatoms. The number of hydrogen-bond donors (Lipinski definition) is 1. The number of carbonyl (C=O) groups is 3. The second-order valence-electron chi connectivity index (χ2n) is 9.16. The molecule has 1 saturated heterocycles. The summed E-state index contributed by atoms with van der Waals surface area (Å²) in [7, 11) is 0. The lowest BCUT2D eigenvalue weighted by Crippen LogP contribution is -2.54. The zero-order chi connectivity index (χ0) is 25.5. The molecule has 0 radical (unpaired) electrons. The summed E-state index contributed by atoms with van der Waals surface area (Å²) in [5.74, 6) is -1.35. The Morgan fingerprint density at radius 1 is 0.784 bits per heavy atom. The number of anilines is 1. The zero-order valence-electron chi connectivity index (χ0n) is 20.1. The highest BCUT2D eigenvalue weighted by molar-refractivity contribution is 6.39. The van der Waals surface area contributed by atoms with Crippen molar-refractivity contribution in [1.29, 1.82) is 0 Å². The predicted octanol–water partition coefficient (Wildman–Crippen LogP) is 5.82. The standard InChI is InChI=1S/C31H23N3O3/c1-20-13-15-24(16-14-20)34-30(36)27(29(35)32-31(34)37)17-23-19-33(28-12-5-4-11-26(23)28)18-22-9-6-8-21-7-2-3-10-25(21)22/h2-17,19H,18H2,1H3,(H,32,35,37)/b27-17+. The first kappa shape index (κ1) is 22.5. The van der Waals surface area contributed by atoms with Gasteiger partial charge in [-0.2, -0.15) is 0 Å². The molecule has 0 atom stereocenters. The van der Waals surface area contributed by atoms with E-state index >= 15 is 0 Å². The summed E-state index contributed by atoms with van der Waals surface area (Å²) in [5, 5.41) is 5.57. The van der Waals surface area contributed by atoms with Crippen molar-refractivity contribution in [3.05, 3.63) is 119 Å². The van der Waals surface area contributed by atoms with E-state index in [-0.39, 0.29) is 5.57 Å². The Balaban J connectivity index is 1.43. The molecule has 1 aliphatic heterocycles. The SMILES string of the molecule is Cc1ccc(N2C(=O)NC(=O)/C(=C\c3cn(Cc4cccc5ccccc45)c4ccccc34)C2=O)cc1. The molecule has 2 heterocycles. The van der Waals surface area contributed by atoms with Gasteiger partial charge in [0, 0.05) is 29.2 Å². The molecule has 180 valence electrons. The van der Waals surface area contributed by atoms with Gasteiger partial charge in [-0.1, -0.05) is 78.4 Å². The minimum Gasteiger partial charge on any atom is -0.342 e. The molecular weight excluding hydrogens is 462 g/mol. The van der Waals surface area contributed by atoms with E-state index in [0.717, 1.165) is 26.9 Å². The Morgan fingerprint density at radius 3 is 2.30 bits per heavy atom. The van der Waals surface area contributed by atoms with Gasteiger partial charge in [-0.15, -0.1) is 0 Å². The van der Waals surface area contributed by atoms with Crippen LogP contribution in [0, 0.1) is 6.92 Å². The van der Waals surface area contributed by atoms with Crippen LogP contribution < -0.4 is 10.2 Å². The normalized spacial score (nSPS) is 15.1. The lowest BCUT2D eigenvalue weighted by atomic mass is 10.0. The van der Waals surface area contributed by atoms with Gasteiger partial charge in [0.05, 0.1) is 5.69 Å². The Hall–Kier alpha value is -4.97. The molecule has 0 bridgehead atoms. The van der Waals surface area contributed by atoms with Crippen LogP contribution in [0.1, 0.15) is 16.7 Å². The number of carbonyl (C=O) groups excluding carboxylic acids is 3. The first-order chi connectivity index (χ1) is 18.0. The third-order valence-corrected chi connectivity index (χ3v) is 6.73. The van der Waals surface area contributed by atoms with E-state index in [2.05, 4.69) is 34.1 Å². The average Bonchev–Trinajstić information content (AvgIpc) is 3.25. The maximum absolute atomic E-state index is 13.4. The minimum absolute atomic E-state index is 0.0896. The lowest BCUT2D eigenvalue weighted by Gasteiger charge is -2.26. The van der Waals surface area contributed by atoms with Gasteiger partial charge in [0.2, 0.25) is 0 Å². The van der Waals surface area contributed by atoms with Crippen LogP contribution in [-0.2, 0) is 16.1 Å². The number of rotatable bonds is 4. The third-order valence-electron chi connectivity index (χ3n) is 6.73. The van der Waals surface area contributed by atoms with Crippen molar-refractivity contribution >= 4 is 51.3 Å². The maximum atomic E-state index is 13.4. The molecule has 37 heavy (non-hydrogen) atoms. The number of aryl methyl sites for hydroxylation is 1. The number of nitrogens with one attached hydrogen (secondary N) is 1. The molecule has 1 fully saturated rings. The maximum Gasteiger partial charge on any atom is 0.335 e. The van der Waals surface area contributed by atoms with E-state index in [0.29, 0.717) is 12.2 Å². The molecule has 6 nitrogen and oxygen atoms in total. The molecule has 4 amide bonds. The summed E-state index contributed by atoms with van der Waals surface area (Å²) in [4.78, 5) is 39.7. The Bertz CT molecular complexity index is 1740. The van der Waals surface area contributed by atoms with Gasteiger partial charge >= 0.3 is 6.03 Å². The van der Waals surface area contributed by atoms with E-state index in [4.69, 9.17) is 0 Å². The highest BCUT2D eigenvalue weighted by atomic mass is 16.2. The van der Waals surface area contributed by atoms with Gasteiger partial charge in [0.1, 0.15) is 5.57 Å². The molecule has 1 aromatic heterocycles. The second kappa shape index (κ2) is 8.91. The number of barbiturate groups is 1. The molecule has 1 aliphatic rings.